The smallest absolute Gasteiger partial charge is 0.248 e. The van der Waals surface area contributed by atoms with Crippen LogP contribution in [0.5, 0.6) is 11.5 Å². The summed E-state index contributed by atoms with van der Waals surface area (Å²) in [6.45, 7) is 2.08. The van der Waals surface area contributed by atoms with E-state index >= 15 is 0 Å². The van der Waals surface area contributed by atoms with Gasteiger partial charge in [0.05, 0.1) is 14.2 Å². The van der Waals surface area contributed by atoms with Crippen LogP contribution in [0, 0.1) is 0 Å². The second kappa shape index (κ2) is 8.03. The third-order valence-corrected chi connectivity index (χ3v) is 3.45. The second-order valence-corrected chi connectivity index (χ2v) is 4.98. The number of carbonyl (C=O) groups excluding carboxylic acids is 1. The van der Waals surface area contributed by atoms with Crippen molar-refractivity contribution >= 4 is 17.7 Å². The molecule has 2 aromatic rings. The van der Waals surface area contributed by atoms with Gasteiger partial charge in [-0.2, -0.15) is 0 Å². The van der Waals surface area contributed by atoms with E-state index in [-0.39, 0.29) is 5.91 Å². The zero-order chi connectivity index (χ0) is 16.7. The Morgan fingerprint density at radius 3 is 2.65 bits per heavy atom. The van der Waals surface area contributed by atoms with Gasteiger partial charge in [0.2, 0.25) is 5.91 Å². The Bertz CT molecular complexity index is 708. The maximum Gasteiger partial charge on any atom is 0.248 e. The number of ether oxygens (including phenoxy) is 2. The van der Waals surface area contributed by atoms with Gasteiger partial charge in [-0.3, -0.25) is 4.79 Å². The van der Waals surface area contributed by atoms with E-state index in [2.05, 4.69) is 12.2 Å². The molecule has 2 rings (SSSR count). The van der Waals surface area contributed by atoms with E-state index in [0.29, 0.717) is 11.5 Å². The highest BCUT2D eigenvalue weighted by Crippen LogP contribution is 2.25. The number of hydrogen-bond donors (Lipinski definition) is 1. The average molecular weight is 311 g/mol. The fourth-order valence-electron chi connectivity index (χ4n) is 2.19. The number of anilines is 1. The van der Waals surface area contributed by atoms with Crippen LogP contribution in [-0.2, 0) is 11.2 Å². The minimum atomic E-state index is -0.192. The van der Waals surface area contributed by atoms with Gasteiger partial charge in [0.15, 0.2) is 0 Å². The summed E-state index contributed by atoms with van der Waals surface area (Å²) in [5, 5.41) is 2.86. The molecule has 1 amide bonds. The molecule has 2 aromatic carbocycles. The van der Waals surface area contributed by atoms with Gasteiger partial charge in [-0.1, -0.05) is 19.1 Å². The summed E-state index contributed by atoms with van der Waals surface area (Å²) in [5.41, 5.74) is 2.75. The van der Waals surface area contributed by atoms with Gasteiger partial charge in [0, 0.05) is 17.3 Å². The Kier molecular flexibility index (Phi) is 5.80. The first kappa shape index (κ1) is 16.6. The van der Waals surface area contributed by atoms with Crippen LogP contribution in [-0.4, -0.2) is 20.1 Å². The van der Waals surface area contributed by atoms with E-state index < -0.39 is 0 Å². The monoisotopic (exact) mass is 311 g/mol. The fraction of sp³-hybridized carbons (Fsp3) is 0.211. The van der Waals surface area contributed by atoms with E-state index in [4.69, 9.17) is 9.47 Å². The molecule has 0 bridgehead atoms. The van der Waals surface area contributed by atoms with E-state index in [1.54, 1.807) is 26.4 Å². The Morgan fingerprint density at radius 2 is 1.96 bits per heavy atom. The lowest BCUT2D eigenvalue weighted by Gasteiger charge is -2.07. The third kappa shape index (κ3) is 4.61. The largest absolute Gasteiger partial charge is 0.497 e. The summed E-state index contributed by atoms with van der Waals surface area (Å²) in [7, 11) is 3.19. The Morgan fingerprint density at radius 1 is 1.13 bits per heavy atom. The SMILES string of the molecule is CCc1cccc(NC(=O)/C=C/c2cc(OC)ccc2OC)c1. The van der Waals surface area contributed by atoms with Gasteiger partial charge in [-0.25, -0.2) is 0 Å². The Labute approximate surface area is 136 Å². The average Bonchev–Trinajstić information content (AvgIpc) is 2.59. The number of amides is 1. The van der Waals surface area contributed by atoms with Crippen molar-refractivity contribution in [3.63, 3.8) is 0 Å². The van der Waals surface area contributed by atoms with Crippen molar-refractivity contribution in [1.82, 2.24) is 0 Å². The Hall–Kier alpha value is -2.75. The van der Waals surface area contributed by atoms with Gasteiger partial charge in [-0.05, 0) is 48.4 Å². The van der Waals surface area contributed by atoms with E-state index in [1.165, 1.54) is 11.6 Å². The van der Waals surface area contributed by atoms with Crippen LogP contribution in [0.4, 0.5) is 5.69 Å². The molecule has 0 unspecified atom stereocenters. The molecule has 1 N–H and O–H groups in total. The third-order valence-electron chi connectivity index (χ3n) is 3.45. The molecular formula is C19H21NO3. The van der Waals surface area contributed by atoms with Crippen LogP contribution in [0.1, 0.15) is 18.1 Å². The quantitative estimate of drug-likeness (QED) is 0.823. The summed E-state index contributed by atoms with van der Waals surface area (Å²) in [6.07, 6.45) is 4.12. The van der Waals surface area contributed by atoms with Crippen LogP contribution in [0.25, 0.3) is 6.08 Å². The zero-order valence-corrected chi connectivity index (χ0v) is 13.6. The van der Waals surface area contributed by atoms with Crippen molar-refractivity contribution in [1.29, 1.82) is 0 Å². The predicted molar refractivity (Wildman–Crippen MR) is 93.0 cm³/mol. The number of benzene rings is 2. The lowest BCUT2D eigenvalue weighted by molar-refractivity contribution is -0.111. The molecule has 0 radical (unpaired) electrons. The minimum Gasteiger partial charge on any atom is -0.497 e. The maximum atomic E-state index is 12.1. The summed E-state index contributed by atoms with van der Waals surface area (Å²) in [5.74, 6) is 1.20. The molecule has 0 atom stereocenters. The first-order valence-corrected chi connectivity index (χ1v) is 7.46. The summed E-state index contributed by atoms with van der Waals surface area (Å²) in [4.78, 5) is 12.1. The van der Waals surface area contributed by atoms with Gasteiger partial charge in [0.25, 0.3) is 0 Å². The number of carbonyl (C=O) groups is 1. The minimum absolute atomic E-state index is 0.192. The van der Waals surface area contributed by atoms with E-state index in [1.807, 2.05) is 36.4 Å². The molecule has 0 aromatic heterocycles. The first-order chi connectivity index (χ1) is 11.2. The van der Waals surface area contributed by atoms with Crippen molar-refractivity contribution in [2.24, 2.45) is 0 Å². The Balaban J connectivity index is 2.11. The molecule has 0 aliphatic carbocycles. The number of aryl methyl sites for hydroxylation is 1. The molecule has 0 spiro atoms. The molecule has 0 heterocycles. The topological polar surface area (TPSA) is 47.6 Å². The van der Waals surface area contributed by atoms with Crippen molar-refractivity contribution in [2.75, 3.05) is 19.5 Å². The number of hydrogen-bond acceptors (Lipinski definition) is 3. The summed E-state index contributed by atoms with van der Waals surface area (Å²) in [6, 6.07) is 13.2. The van der Waals surface area contributed by atoms with E-state index in [0.717, 1.165) is 17.7 Å². The molecule has 23 heavy (non-hydrogen) atoms. The highest BCUT2D eigenvalue weighted by Gasteiger charge is 2.03. The predicted octanol–water partition coefficient (Wildman–Crippen LogP) is 3.92. The molecule has 0 aliphatic heterocycles. The summed E-state index contributed by atoms with van der Waals surface area (Å²) < 4.78 is 10.5. The molecule has 4 heteroatoms. The van der Waals surface area contributed by atoms with Gasteiger partial charge in [0.1, 0.15) is 11.5 Å². The number of methoxy groups -OCH3 is 2. The van der Waals surface area contributed by atoms with E-state index in [9.17, 15) is 4.79 Å². The van der Waals surface area contributed by atoms with Crippen molar-refractivity contribution in [3.05, 3.63) is 59.7 Å². The van der Waals surface area contributed by atoms with Gasteiger partial charge >= 0.3 is 0 Å². The fourth-order valence-corrected chi connectivity index (χ4v) is 2.19. The lowest BCUT2D eigenvalue weighted by Crippen LogP contribution is -2.07. The molecule has 0 saturated carbocycles. The van der Waals surface area contributed by atoms with Crippen LogP contribution < -0.4 is 14.8 Å². The molecular weight excluding hydrogens is 290 g/mol. The first-order valence-electron chi connectivity index (χ1n) is 7.46. The van der Waals surface area contributed by atoms with Crippen LogP contribution >= 0.6 is 0 Å². The highest BCUT2D eigenvalue weighted by atomic mass is 16.5. The lowest BCUT2D eigenvalue weighted by atomic mass is 10.1. The van der Waals surface area contributed by atoms with Gasteiger partial charge < -0.3 is 14.8 Å². The van der Waals surface area contributed by atoms with Crippen molar-refractivity contribution in [2.45, 2.75) is 13.3 Å². The highest BCUT2D eigenvalue weighted by molar-refractivity contribution is 6.02. The van der Waals surface area contributed by atoms with Crippen molar-refractivity contribution in [3.8, 4) is 11.5 Å². The van der Waals surface area contributed by atoms with Crippen LogP contribution in [0.3, 0.4) is 0 Å². The number of nitrogens with one attached hydrogen (secondary N) is 1. The number of rotatable bonds is 6. The maximum absolute atomic E-state index is 12.1. The molecule has 120 valence electrons. The molecule has 4 nitrogen and oxygen atoms in total. The molecule has 0 saturated heterocycles. The molecule has 0 fully saturated rings. The van der Waals surface area contributed by atoms with Crippen LogP contribution in [0.15, 0.2) is 48.5 Å². The van der Waals surface area contributed by atoms with Gasteiger partial charge in [-0.15, -0.1) is 0 Å². The molecule has 0 aliphatic rings. The second-order valence-electron chi connectivity index (χ2n) is 4.98. The summed E-state index contributed by atoms with van der Waals surface area (Å²) >= 11 is 0. The van der Waals surface area contributed by atoms with Crippen LogP contribution in [0.2, 0.25) is 0 Å². The normalized spacial score (nSPS) is 10.6. The van der Waals surface area contributed by atoms with Crippen molar-refractivity contribution < 1.29 is 14.3 Å². The standard InChI is InChI=1S/C19H21NO3/c1-4-14-6-5-7-16(12-14)20-19(21)11-8-15-13-17(22-2)9-10-18(15)23-3/h5-13H,4H2,1-3H3,(H,20,21)/b11-8+. The zero-order valence-electron chi connectivity index (χ0n) is 13.6.